The molecule has 0 bridgehead atoms. The molecule has 0 aliphatic carbocycles. The Balaban J connectivity index is 4.43. The molecule has 0 aromatic heterocycles. The topological polar surface area (TPSA) is 0 Å². The summed E-state index contributed by atoms with van der Waals surface area (Å²) in [4.78, 5) is 0. The molecular weight excluding hydrogens is 252 g/mol. The van der Waals surface area contributed by atoms with E-state index in [9.17, 15) is 0 Å². The molecule has 0 N–H and O–H groups in total. The highest BCUT2D eigenvalue weighted by Gasteiger charge is 2.18. The third-order valence-corrected chi connectivity index (χ3v) is 4.64. The molecule has 21 heavy (non-hydrogen) atoms. The number of hydrogen-bond acceptors (Lipinski definition) is 0. The van der Waals surface area contributed by atoms with E-state index in [1.165, 1.54) is 24.8 Å². The van der Waals surface area contributed by atoms with Crippen molar-refractivity contribution in [1.29, 1.82) is 0 Å². The maximum atomic E-state index is 4.13. The van der Waals surface area contributed by atoms with Gasteiger partial charge in [0.15, 0.2) is 0 Å². The molecule has 0 rings (SSSR count). The van der Waals surface area contributed by atoms with E-state index >= 15 is 0 Å². The van der Waals surface area contributed by atoms with Crippen molar-refractivity contribution in [3.05, 3.63) is 24.3 Å². The fourth-order valence-electron chi connectivity index (χ4n) is 3.10. The summed E-state index contributed by atoms with van der Waals surface area (Å²) in [7, 11) is 0. The average Bonchev–Trinajstić information content (AvgIpc) is 2.37. The molecular formula is C21H40. The van der Waals surface area contributed by atoms with Gasteiger partial charge in [0, 0.05) is 0 Å². The lowest BCUT2D eigenvalue weighted by Gasteiger charge is -2.25. The van der Waals surface area contributed by atoms with Crippen LogP contribution in [-0.2, 0) is 0 Å². The highest BCUT2D eigenvalue weighted by Crippen LogP contribution is 2.28. The lowest BCUT2D eigenvalue weighted by atomic mass is 9.80. The summed E-state index contributed by atoms with van der Waals surface area (Å²) < 4.78 is 0. The van der Waals surface area contributed by atoms with E-state index in [2.05, 4.69) is 67.2 Å². The van der Waals surface area contributed by atoms with E-state index in [-0.39, 0.29) is 0 Å². The van der Waals surface area contributed by atoms with Crippen molar-refractivity contribution in [2.45, 2.75) is 80.6 Å². The highest BCUT2D eigenvalue weighted by atomic mass is 14.2. The number of rotatable bonds is 11. The zero-order valence-electron chi connectivity index (χ0n) is 15.8. The molecule has 3 atom stereocenters. The van der Waals surface area contributed by atoms with Crippen molar-refractivity contribution < 1.29 is 0 Å². The number of allylic oxidation sites excluding steroid dienone is 3. The molecule has 0 aliphatic heterocycles. The van der Waals surface area contributed by atoms with Gasteiger partial charge in [0.25, 0.3) is 0 Å². The van der Waals surface area contributed by atoms with Crippen LogP contribution in [0.25, 0.3) is 0 Å². The summed E-state index contributed by atoms with van der Waals surface area (Å²) in [6.45, 7) is 20.5. The second-order valence-corrected chi connectivity index (χ2v) is 7.79. The van der Waals surface area contributed by atoms with E-state index in [0.29, 0.717) is 5.92 Å². The van der Waals surface area contributed by atoms with Gasteiger partial charge in [-0.15, -0.1) is 0 Å². The number of hydrogen-bond donors (Lipinski definition) is 0. The maximum absolute atomic E-state index is 4.13. The zero-order valence-corrected chi connectivity index (χ0v) is 15.8. The first-order valence-corrected chi connectivity index (χ1v) is 9.12. The maximum Gasteiger partial charge on any atom is -0.0185 e. The zero-order chi connectivity index (χ0) is 16.4. The molecule has 0 radical (unpaired) electrons. The Morgan fingerprint density at radius 2 is 1.57 bits per heavy atom. The van der Waals surface area contributed by atoms with Gasteiger partial charge in [-0.2, -0.15) is 0 Å². The van der Waals surface area contributed by atoms with Gasteiger partial charge in [0.05, 0.1) is 0 Å². The molecule has 3 unspecified atom stereocenters. The van der Waals surface area contributed by atoms with E-state index in [4.69, 9.17) is 0 Å². The smallest absolute Gasteiger partial charge is 0.0185 e. The minimum atomic E-state index is 0.626. The molecule has 0 spiro atoms. The van der Waals surface area contributed by atoms with E-state index in [1.807, 2.05) is 0 Å². The van der Waals surface area contributed by atoms with Gasteiger partial charge in [-0.1, -0.05) is 92.0 Å². The fraction of sp³-hybridized carbons (Fsp3) is 0.810. The van der Waals surface area contributed by atoms with Gasteiger partial charge in [-0.3, -0.25) is 0 Å². The van der Waals surface area contributed by atoms with Gasteiger partial charge >= 0.3 is 0 Å². The monoisotopic (exact) mass is 292 g/mol. The highest BCUT2D eigenvalue weighted by molar-refractivity contribution is 5.01. The van der Waals surface area contributed by atoms with Crippen LogP contribution in [0.15, 0.2) is 24.3 Å². The summed E-state index contributed by atoms with van der Waals surface area (Å²) in [5.41, 5.74) is 1.37. The van der Waals surface area contributed by atoms with Crippen molar-refractivity contribution in [3.63, 3.8) is 0 Å². The first-order valence-electron chi connectivity index (χ1n) is 9.12. The van der Waals surface area contributed by atoms with Crippen molar-refractivity contribution in [2.24, 2.45) is 29.6 Å². The van der Waals surface area contributed by atoms with Gasteiger partial charge < -0.3 is 0 Å². The molecule has 0 amide bonds. The lowest BCUT2D eigenvalue weighted by molar-refractivity contribution is 0.303. The summed E-state index contributed by atoms with van der Waals surface area (Å²) in [6, 6.07) is 0. The van der Waals surface area contributed by atoms with Gasteiger partial charge in [0.2, 0.25) is 0 Å². The Morgan fingerprint density at radius 3 is 2.05 bits per heavy atom. The third-order valence-electron chi connectivity index (χ3n) is 4.64. The normalized spacial score (nSPS) is 16.6. The van der Waals surface area contributed by atoms with Crippen LogP contribution in [0.4, 0.5) is 0 Å². The first kappa shape index (κ1) is 20.5. The van der Waals surface area contributed by atoms with E-state index in [0.717, 1.165) is 36.5 Å². The minimum Gasteiger partial charge on any atom is -0.0999 e. The van der Waals surface area contributed by atoms with Crippen LogP contribution in [0.1, 0.15) is 80.6 Å². The standard InChI is InChI=1S/C21H40/c1-9-18(6)15-19(7)13-14-21(17(4)5)20(8)12-10-11-16(2)3/h13-14,16-17,19-21H,6,9-12,15H2,1-5,7-8H3. The van der Waals surface area contributed by atoms with Crippen LogP contribution in [0.5, 0.6) is 0 Å². The summed E-state index contributed by atoms with van der Waals surface area (Å²) in [5.74, 6) is 3.71. The Hall–Kier alpha value is -0.520. The van der Waals surface area contributed by atoms with Crippen molar-refractivity contribution >= 4 is 0 Å². The van der Waals surface area contributed by atoms with Crippen molar-refractivity contribution in [1.82, 2.24) is 0 Å². The second kappa shape index (κ2) is 11.1. The third kappa shape index (κ3) is 9.93. The largest absolute Gasteiger partial charge is 0.0999 e. The Labute approximate surface area is 135 Å². The van der Waals surface area contributed by atoms with Crippen molar-refractivity contribution in [3.8, 4) is 0 Å². The first-order chi connectivity index (χ1) is 9.77. The second-order valence-electron chi connectivity index (χ2n) is 7.79. The van der Waals surface area contributed by atoms with Crippen LogP contribution in [0.3, 0.4) is 0 Å². The Kier molecular flexibility index (Phi) is 10.8. The molecule has 0 aliphatic rings. The molecule has 0 heterocycles. The molecule has 0 aromatic rings. The summed E-state index contributed by atoms with van der Waals surface area (Å²) in [5, 5.41) is 0. The molecule has 0 heteroatoms. The van der Waals surface area contributed by atoms with Crippen LogP contribution >= 0.6 is 0 Å². The average molecular weight is 293 g/mol. The van der Waals surface area contributed by atoms with Crippen LogP contribution in [0, 0.1) is 29.6 Å². The van der Waals surface area contributed by atoms with Crippen LogP contribution in [-0.4, -0.2) is 0 Å². The predicted molar refractivity (Wildman–Crippen MR) is 98.5 cm³/mol. The molecule has 0 nitrogen and oxygen atoms in total. The molecule has 124 valence electrons. The summed E-state index contributed by atoms with van der Waals surface area (Å²) in [6.07, 6.45) is 11.3. The van der Waals surface area contributed by atoms with Gasteiger partial charge in [-0.05, 0) is 42.4 Å². The van der Waals surface area contributed by atoms with Crippen LogP contribution in [0.2, 0.25) is 0 Å². The quantitative estimate of drug-likeness (QED) is 0.351. The van der Waals surface area contributed by atoms with Gasteiger partial charge in [0.1, 0.15) is 0 Å². The minimum absolute atomic E-state index is 0.626. The Bertz CT molecular complexity index is 295. The molecule has 0 saturated carbocycles. The van der Waals surface area contributed by atoms with E-state index < -0.39 is 0 Å². The van der Waals surface area contributed by atoms with Crippen molar-refractivity contribution in [2.75, 3.05) is 0 Å². The molecule has 0 fully saturated rings. The van der Waals surface area contributed by atoms with E-state index in [1.54, 1.807) is 0 Å². The molecule has 0 saturated heterocycles. The Morgan fingerprint density at radius 1 is 0.952 bits per heavy atom. The lowest BCUT2D eigenvalue weighted by Crippen LogP contribution is -2.16. The SMILES string of the molecule is C=C(CC)CC(C)C=CC(C(C)C)C(C)CCCC(C)C. The predicted octanol–water partition coefficient (Wildman–Crippen LogP) is 7.27. The molecule has 0 aromatic carbocycles. The summed E-state index contributed by atoms with van der Waals surface area (Å²) >= 11 is 0. The van der Waals surface area contributed by atoms with Crippen LogP contribution < -0.4 is 0 Å². The fourth-order valence-corrected chi connectivity index (χ4v) is 3.10. The van der Waals surface area contributed by atoms with Gasteiger partial charge in [-0.25, -0.2) is 0 Å².